The molecule has 0 N–H and O–H groups in total. The summed E-state index contributed by atoms with van der Waals surface area (Å²) in [6.45, 7) is 1.71. The SMILES string of the molecule is Cc1cnc2cc(F)c(Br)c(F)c2c1Cl. The maximum Gasteiger partial charge on any atom is 0.151 e. The fourth-order valence-electron chi connectivity index (χ4n) is 1.31. The van der Waals surface area contributed by atoms with Crippen LogP contribution in [0.15, 0.2) is 16.7 Å². The first kappa shape index (κ1) is 10.8. The van der Waals surface area contributed by atoms with E-state index in [1.54, 1.807) is 6.92 Å². The van der Waals surface area contributed by atoms with E-state index in [1.165, 1.54) is 6.20 Å². The maximum atomic E-state index is 13.7. The Hall–Kier alpha value is -0.740. The smallest absolute Gasteiger partial charge is 0.151 e. The van der Waals surface area contributed by atoms with E-state index in [0.717, 1.165) is 6.07 Å². The number of hydrogen-bond donors (Lipinski definition) is 0. The molecule has 2 aromatic rings. The number of fused-ring (bicyclic) bond motifs is 1. The third-order valence-corrected chi connectivity index (χ3v) is 3.32. The van der Waals surface area contributed by atoms with Crippen molar-refractivity contribution in [3.05, 3.63) is 39.0 Å². The van der Waals surface area contributed by atoms with Crippen LogP contribution >= 0.6 is 27.5 Å². The Morgan fingerprint density at radius 2 is 2.07 bits per heavy atom. The highest BCUT2D eigenvalue weighted by molar-refractivity contribution is 9.10. The quantitative estimate of drug-likeness (QED) is 0.662. The van der Waals surface area contributed by atoms with Gasteiger partial charge in [-0.1, -0.05) is 11.6 Å². The van der Waals surface area contributed by atoms with Crippen LogP contribution in [-0.2, 0) is 0 Å². The molecule has 0 aliphatic rings. The average Bonchev–Trinajstić information content (AvgIpc) is 2.20. The minimum atomic E-state index is -0.716. The lowest BCUT2D eigenvalue weighted by molar-refractivity contribution is 0.580. The molecule has 1 nitrogen and oxygen atoms in total. The number of nitrogens with zero attached hydrogens (tertiary/aromatic N) is 1. The molecule has 78 valence electrons. The second-order valence-electron chi connectivity index (χ2n) is 3.14. The average molecular weight is 293 g/mol. The largest absolute Gasteiger partial charge is 0.256 e. The first-order valence-electron chi connectivity index (χ1n) is 4.10. The standard InChI is InChI=1S/C10H5BrClF2N/c1-4-3-15-6-2-5(13)8(11)10(14)7(6)9(4)12/h2-3H,1H3. The number of aromatic nitrogens is 1. The molecule has 5 heteroatoms. The third kappa shape index (κ3) is 1.62. The number of rotatable bonds is 0. The summed E-state index contributed by atoms with van der Waals surface area (Å²) in [5.41, 5.74) is 0.866. The van der Waals surface area contributed by atoms with E-state index in [4.69, 9.17) is 11.6 Å². The minimum absolute atomic E-state index is 0.143. The zero-order valence-electron chi connectivity index (χ0n) is 7.61. The molecule has 0 aliphatic carbocycles. The number of hydrogen-bond acceptors (Lipinski definition) is 1. The lowest BCUT2D eigenvalue weighted by Crippen LogP contribution is -1.92. The Bertz CT molecular complexity index is 557. The minimum Gasteiger partial charge on any atom is -0.256 e. The van der Waals surface area contributed by atoms with Crippen molar-refractivity contribution in [2.75, 3.05) is 0 Å². The van der Waals surface area contributed by atoms with Gasteiger partial charge in [0.15, 0.2) is 5.82 Å². The Kier molecular flexibility index (Phi) is 2.64. The van der Waals surface area contributed by atoms with Crippen molar-refractivity contribution in [3.8, 4) is 0 Å². The van der Waals surface area contributed by atoms with Crippen LogP contribution in [0, 0.1) is 18.6 Å². The van der Waals surface area contributed by atoms with Crippen molar-refractivity contribution in [3.63, 3.8) is 0 Å². The summed E-state index contributed by atoms with van der Waals surface area (Å²) in [4.78, 5) is 3.92. The van der Waals surface area contributed by atoms with Crippen molar-refractivity contribution >= 4 is 38.4 Å². The fraction of sp³-hybridized carbons (Fsp3) is 0.100. The van der Waals surface area contributed by atoms with Gasteiger partial charge in [0, 0.05) is 12.3 Å². The van der Waals surface area contributed by atoms with Crippen LogP contribution in [0.4, 0.5) is 8.78 Å². The Labute approximate surface area is 98.2 Å². The van der Waals surface area contributed by atoms with Crippen LogP contribution in [0.2, 0.25) is 5.02 Å². The fourth-order valence-corrected chi connectivity index (χ4v) is 1.85. The Morgan fingerprint density at radius 1 is 1.40 bits per heavy atom. The van der Waals surface area contributed by atoms with Crippen molar-refractivity contribution in [1.29, 1.82) is 0 Å². The van der Waals surface area contributed by atoms with Crippen LogP contribution in [0.25, 0.3) is 10.9 Å². The molecule has 0 saturated carbocycles. The summed E-state index contributed by atoms with van der Waals surface area (Å²) in [7, 11) is 0. The summed E-state index contributed by atoms with van der Waals surface area (Å²) in [5, 5.41) is 0.406. The van der Waals surface area contributed by atoms with E-state index in [9.17, 15) is 8.78 Å². The second kappa shape index (κ2) is 3.68. The molecule has 15 heavy (non-hydrogen) atoms. The lowest BCUT2D eigenvalue weighted by Gasteiger charge is -2.06. The zero-order valence-corrected chi connectivity index (χ0v) is 9.96. The van der Waals surface area contributed by atoms with E-state index in [-0.39, 0.29) is 20.4 Å². The molecule has 0 spiro atoms. The number of pyridine rings is 1. The van der Waals surface area contributed by atoms with E-state index in [1.807, 2.05) is 0 Å². The van der Waals surface area contributed by atoms with Gasteiger partial charge < -0.3 is 0 Å². The number of halogens is 4. The second-order valence-corrected chi connectivity index (χ2v) is 4.31. The van der Waals surface area contributed by atoms with Gasteiger partial charge >= 0.3 is 0 Å². The predicted octanol–water partition coefficient (Wildman–Crippen LogP) is 4.24. The molecule has 0 atom stereocenters. The first-order chi connectivity index (χ1) is 7.02. The predicted molar refractivity (Wildman–Crippen MR) is 59.1 cm³/mol. The first-order valence-corrected chi connectivity index (χ1v) is 5.27. The Balaban J connectivity index is 3.00. The van der Waals surface area contributed by atoms with Crippen LogP contribution in [0.1, 0.15) is 5.56 Å². The molecule has 0 bridgehead atoms. The summed E-state index contributed by atoms with van der Waals surface area (Å²) in [5.74, 6) is -1.40. The van der Waals surface area contributed by atoms with Gasteiger partial charge in [-0.25, -0.2) is 8.78 Å². The van der Waals surface area contributed by atoms with Crippen LogP contribution in [0.5, 0.6) is 0 Å². The summed E-state index contributed by atoms with van der Waals surface area (Å²) in [6.07, 6.45) is 1.48. The van der Waals surface area contributed by atoms with Crippen molar-refractivity contribution in [2.45, 2.75) is 6.92 Å². The molecule has 0 fully saturated rings. The Morgan fingerprint density at radius 3 is 2.73 bits per heavy atom. The van der Waals surface area contributed by atoms with Crippen LogP contribution in [-0.4, -0.2) is 4.98 Å². The maximum absolute atomic E-state index is 13.7. The van der Waals surface area contributed by atoms with Crippen LogP contribution < -0.4 is 0 Å². The van der Waals surface area contributed by atoms with E-state index >= 15 is 0 Å². The van der Waals surface area contributed by atoms with Gasteiger partial charge in [-0.05, 0) is 28.4 Å². The number of aryl methyl sites for hydroxylation is 1. The van der Waals surface area contributed by atoms with Crippen molar-refractivity contribution in [1.82, 2.24) is 4.98 Å². The van der Waals surface area contributed by atoms with E-state index in [0.29, 0.717) is 5.56 Å². The summed E-state index contributed by atoms with van der Waals surface area (Å²) < 4.78 is 26.6. The molecule has 0 saturated heterocycles. The highest BCUT2D eigenvalue weighted by Crippen LogP contribution is 2.32. The van der Waals surface area contributed by atoms with Gasteiger partial charge in [0.2, 0.25) is 0 Å². The van der Waals surface area contributed by atoms with Gasteiger partial charge in [0.1, 0.15) is 5.82 Å². The molecule has 1 aromatic heterocycles. The number of benzene rings is 1. The molecule has 2 rings (SSSR count). The monoisotopic (exact) mass is 291 g/mol. The van der Waals surface area contributed by atoms with E-state index < -0.39 is 11.6 Å². The molecule has 0 aliphatic heterocycles. The van der Waals surface area contributed by atoms with Gasteiger partial charge in [-0.3, -0.25) is 4.98 Å². The van der Waals surface area contributed by atoms with Crippen LogP contribution in [0.3, 0.4) is 0 Å². The molecule has 1 heterocycles. The van der Waals surface area contributed by atoms with Gasteiger partial charge in [0.05, 0.1) is 20.4 Å². The normalized spacial score (nSPS) is 11.0. The molecule has 1 aromatic carbocycles. The highest BCUT2D eigenvalue weighted by Gasteiger charge is 2.15. The highest BCUT2D eigenvalue weighted by atomic mass is 79.9. The topological polar surface area (TPSA) is 12.9 Å². The third-order valence-electron chi connectivity index (χ3n) is 2.10. The summed E-state index contributed by atoms with van der Waals surface area (Å²) in [6, 6.07) is 1.15. The molecule has 0 unspecified atom stereocenters. The van der Waals surface area contributed by atoms with E-state index in [2.05, 4.69) is 20.9 Å². The molecular weight excluding hydrogens is 287 g/mol. The molecule has 0 amide bonds. The lowest BCUT2D eigenvalue weighted by atomic mass is 10.1. The van der Waals surface area contributed by atoms with Gasteiger partial charge in [-0.2, -0.15) is 0 Å². The van der Waals surface area contributed by atoms with Gasteiger partial charge in [0.25, 0.3) is 0 Å². The van der Waals surface area contributed by atoms with Crippen molar-refractivity contribution in [2.24, 2.45) is 0 Å². The molecular formula is C10H5BrClF2N. The van der Waals surface area contributed by atoms with Gasteiger partial charge in [-0.15, -0.1) is 0 Å². The summed E-state index contributed by atoms with van der Waals surface area (Å²) >= 11 is 8.75. The zero-order chi connectivity index (χ0) is 11.2. The molecule has 0 radical (unpaired) electrons. The van der Waals surface area contributed by atoms with Crippen molar-refractivity contribution < 1.29 is 8.78 Å².